The minimum Gasteiger partial charge on any atom is -0.388 e. The molecule has 1 aromatic rings. The minimum absolute atomic E-state index is 0.134. The van der Waals surface area contributed by atoms with E-state index in [1.54, 1.807) is 11.8 Å². The molecule has 1 atom stereocenters. The molecule has 1 fully saturated rings. The van der Waals surface area contributed by atoms with Gasteiger partial charge in [-0.2, -0.15) is 4.98 Å². The van der Waals surface area contributed by atoms with Crippen molar-refractivity contribution in [2.24, 2.45) is 0 Å². The van der Waals surface area contributed by atoms with Crippen LogP contribution in [0.2, 0.25) is 0 Å². The molecule has 1 aliphatic heterocycles. The lowest BCUT2D eigenvalue weighted by atomic mass is 10.1. The second-order valence-electron chi connectivity index (χ2n) is 5.25. The van der Waals surface area contributed by atoms with E-state index in [1.807, 2.05) is 6.92 Å². The van der Waals surface area contributed by atoms with Crippen molar-refractivity contribution < 1.29 is 10.0 Å². The molecular weight excluding hydrogens is 262 g/mol. The summed E-state index contributed by atoms with van der Waals surface area (Å²) in [4.78, 5) is 20.5. The average molecular weight is 281 g/mol. The van der Waals surface area contributed by atoms with Crippen LogP contribution in [0.15, 0.2) is 6.20 Å². The van der Waals surface area contributed by atoms with E-state index in [1.165, 1.54) is 6.20 Å². The van der Waals surface area contributed by atoms with Crippen LogP contribution in [0, 0.1) is 10.1 Å². The van der Waals surface area contributed by atoms with Crippen LogP contribution in [-0.4, -0.2) is 45.2 Å². The Kier molecular flexibility index (Phi) is 4.03. The summed E-state index contributed by atoms with van der Waals surface area (Å²) in [6.45, 7) is 5.30. The molecule has 0 aliphatic carbocycles. The fourth-order valence-electron chi connectivity index (χ4n) is 2.18. The number of nitro groups is 1. The Balaban J connectivity index is 2.30. The molecular formula is C12H19N5O3. The number of nitrogens with one attached hydrogen (secondary N) is 1. The molecule has 0 radical (unpaired) electrons. The largest absolute Gasteiger partial charge is 0.388 e. The van der Waals surface area contributed by atoms with Crippen molar-refractivity contribution in [1.29, 1.82) is 0 Å². The lowest BCUT2D eigenvalue weighted by Crippen LogP contribution is -2.30. The predicted octanol–water partition coefficient (Wildman–Crippen LogP) is 1.17. The van der Waals surface area contributed by atoms with Gasteiger partial charge in [0.05, 0.1) is 10.5 Å². The zero-order chi connectivity index (χ0) is 14.8. The number of hydrogen-bond acceptors (Lipinski definition) is 7. The normalized spacial score (nSPS) is 22.1. The molecule has 1 aromatic heterocycles. The summed E-state index contributed by atoms with van der Waals surface area (Å²) in [6, 6.07) is 0. The molecule has 2 rings (SSSR count). The molecule has 0 saturated carbocycles. The van der Waals surface area contributed by atoms with Crippen LogP contribution in [0.3, 0.4) is 0 Å². The van der Waals surface area contributed by atoms with Crippen molar-refractivity contribution in [1.82, 2.24) is 9.97 Å². The van der Waals surface area contributed by atoms with E-state index >= 15 is 0 Å². The topological polar surface area (TPSA) is 104 Å². The molecule has 110 valence electrons. The molecule has 8 heteroatoms. The lowest BCUT2D eigenvalue weighted by Gasteiger charge is -2.20. The molecule has 2 N–H and O–H groups in total. The van der Waals surface area contributed by atoms with E-state index in [9.17, 15) is 15.2 Å². The number of nitrogens with zero attached hydrogens (tertiary/aromatic N) is 4. The van der Waals surface area contributed by atoms with Crippen molar-refractivity contribution in [3.63, 3.8) is 0 Å². The highest BCUT2D eigenvalue weighted by molar-refractivity contribution is 5.59. The van der Waals surface area contributed by atoms with Crippen molar-refractivity contribution >= 4 is 17.5 Å². The summed E-state index contributed by atoms with van der Waals surface area (Å²) in [7, 11) is 0. The van der Waals surface area contributed by atoms with E-state index < -0.39 is 10.5 Å². The van der Waals surface area contributed by atoms with E-state index in [4.69, 9.17) is 0 Å². The number of aromatic nitrogens is 2. The van der Waals surface area contributed by atoms with Crippen molar-refractivity contribution in [3.05, 3.63) is 16.3 Å². The number of hydrogen-bond donors (Lipinski definition) is 2. The molecule has 20 heavy (non-hydrogen) atoms. The Hall–Kier alpha value is -1.96. The van der Waals surface area contributed by atoms with Gasteiger partial charge in [-0.05, 0) is 19.8 Å². The summed E-state index contributed by atoms with van der Waals surface area (Å²) in [6.07, 6.45) is 2.69. The highest BCUT2D eigenvalue weighted by Gasteiger charge is 2.35. The number of β-amino-alcohol motifs (C(OH)–C–C–N with tert-alkyl or cyclic N) is 1. The van der Waals surface area contributed by atoms with Gasteiger partial charge >= 0.3 is 5.69 Å². The smallest absolute Gasteiger partial charge is 0.329 e. The third kappa shape index (κ3) is 3.13. The van der Waals surface area contributed by atoms with Crippen molar-refractivity contribution in [2.45, 2.75) is 32.3 Å². The standard InChI is InChI=1S/C12H19N5O3/c1-3-5-13-11-14-7-9(17(19)20)10(15-11)16-6-4-12(2,18)8-16/h7,18H,3-6,8H2,1-2H3,(H,13,14,15). The van der Waals surface area contributed by atoms with Gasteiger partial charge in [0.1, 0.15) is 6.20 Å². The van der Waals surface area contributed by atoms with E-state index in [0.717, 1.165) is 6.42 Å². The van der Waals surface area contributed by atoms with Gasteiger partial charge in [-0.3, -0.25) is 10.1 Å². The van der Waals surface area contributed by atoms with Crippen LogP contribution in [0.5, 0.6) is 0 Å². The van der Waals surface area contributed by atoms with Crippen LogP contribution in [0.1, 0.15) is 26.7 Å². The molecule has 0 aromatic carbocycles. The van der Waals surface area contributed by atoms with Crippen molar-refractivity contribution in [2.75, 3.05) is 29.9 Å². The lowest BCUT2D eigenvalue weighted by molar-refractivity contribution is -0.384. The second-order valence-corrected chi connectivity index (χ2v) is 5.25. The Labute approximate surface area is 117 Å². The molecule has 1 saturated heterocycles. The molecule has 0 spiro atoms. The molecule has 8 nitrogen and oxygen atoms in total. The molecule has 1 unspecified atom stereocenters. The van der Waals surface area contributed by atoms with Gasteiger partial charge in [0.2, 0.25) is 11.8 Å². The van der Waals surface area contributed by atoms with Gasteiger partial charge in [-0.1, -0.05) is 6.92 Å². The zero-order valence-electron chi connectivity index (χ0n) is 11.7. The maximum absolute atomic E-state index is 11.1. The highest BCUT2D eigenvalue weighted by atomic mass is 16.6. The first kappa shape index (κ1) is 14.4. The number of rotatable bonds is 5. The van der Waals surface area contributed by atoms with E-state index in [-0.39, 0.29) is 11.5 Å². The summed E-state index contributed by atoms with van der Waals surface area (Å²) >= 11 is 0. The van der Waals surface area contributed by atoms with Gasteiger partial charge in [0.15, 0.2) is 0 Å². The first-order valence-electron chi connectivity index (χ1n) is 6.65. The van der Waals surface area contributed by atoms with Crippen LogP contribution >= 0.6 is 0 Å². The third-order valence-corrected chi connectivity index (χ3v) is 3.23. The number of aliphatic hydroxyl groups is 1. The first-order valence-corrected chi connectivity index (χ1v) is 6.65. The fraction of sp³-hybridized carbons (Fsp3) is 0.667. The van der Waals surface area contributed by atoms with Crippen LogP contribution < -0.4 is 10.2 Å². The van der Waals surface area contributed by atoms with Gasteiger partial charge in [0, 0.05) is 19.6 Å². The van der Waals surface area contributed by atoms with Gasteiger partial charge in [0.25, 0.3) is 0 Å². The van der Waals surface area contributed by atoms with Gasteiger partial charge < -0.3 is 15.3 Å². The Morgan fingerprint density at radius 3 is 2.95 bits per heavy atom. The average Bonchev–Trinajstić information content (AvgIpc) is 2.76. The molecule has 2 heterocycles. The van der Waals surface area contributed by atoms with E-state index in [0.29, 0.717) is 32.0 Å². The molecule has 0 bridgehead atoms. The third-order valence-electron chi connectivity index (χ3n) is 3.23. The summed E-state index contributed by atoms with van der Waals surface area (Å²) in [5.74, 6) is 0.639. The maximum Gasteiger partial charge on any atom is 0.329 e. The van der Waals surface area contributed by atoms with Crippen LogP contribution in [0.25, 0.3) is 0 Å². The summed E-state index contributed by atoms with van der Waals surface area (Å²) < 4.78 is 0. The van der Waals surface area contributed by atoms with Crippen molar-refractivity contribution in [3.8, 4) is 0 Å². The highest BCUT2D eigenvalue weighted by Crippen LogP contribution is 2.31. The maximum atomic E-state index is 11.1. The Morgan fingerprint density at radius 2 is 2.40 bits per heavy atom. The fourth-order valence-corrected chi connectivity index (χ4v) is 2.18. The monoisotopic (exact) mass is 281 g/mol. The number of anilines is 2. The SMILES string of the molecule is CCCNc1ncc([N+](=O)[O-])c(N2CCC(C)(O)C2)n1. The zero-order valence-corrected chi connectivity index (χ0v) is 11.7. The predicted molar refractivity (Wildman–Crippen MR) is 74.9 cm³/mol. The Bertz CT molecular complexity index is 506. The second kappa shape index (κ2) is 5.58. The summed E-state index contributed by atoms with van der Waals surface area (Å²) in [5, 5.41) is 24.1. The van der Waals surface area contributed by atoms with E-state index in [2.05, 4.69) is 15.3 Å². The first-order chi connectivity index (χ1) is 9.43. The molecule has 0 amide bonds. The Morgan fingerprint density at radius 1 is 1.65 bits per heavy atom. The quantitative estimate of drug-likeness (QED) is 0.616. The summed E-state index contributed by atoms with van der Waals surface area (Å²) in [5.41, 5.74) is -0.972. The minimum atomic E-state index is -0.837. The van der Waals surface area contributed by atoms with Crippen LogP contribution in [0.4, 0.5) is 17.5 Å². The van der Waals surface area contributed by atoms with Gasteiger partial charge in [-0.25, -0.2) is 4.98 Å². The molecule has 1 aliphatic rings. The van der Waals surface area contributed by atoms with Gasteiger partial charge in [-0.15, -0.1) is 0 Å². The van der Waals surface area contributed by atoms with Crippen LogP contribution in [-0.2, 0) is 0 Å².